The molecule has 54 valence electrons. The Labute approximate surface area is 59.5 Å². The summed E-state index contributed by atoms with van der Waals surface area (Å²) in [4.78, 5) is 10.1. The van der Waals surface area contributed by atoms with Crippen molar-refractivity contribution in [1.29, 1.82) is 0 Å². The highest BCUT2D eigenvalue weighted by Gasteiger charge is 2.10. The van der Waals surface area contributed by atoms with Gasteiger partial charge < -0.3 is 5.73 Å². The zero-order valence-corrected chi connectivity index (χ0v) is 6.71. The van der Waals surface area contributed by atoms with Gasteiger partial charge in [0.05, 0.1) is 0 Å². The second-order valence-corrected chi connectivity index (χ2v) is 4.31. The molecule has 3 N–H and O–H groups in total. The number of rotatable bonds is 1. The number of hydrogen-bond donors (Lipinski definition) is 2. The Balaban J connectivity index is 3.39. The van der Waals surface area contributed by atoms with Gasteiger partial charge >= 0.3 is 6.03 Å². The Morgan fingerprint density at radius 3 is 2.11 bits per heavy atom. The number of carbonyl (C=O) groups is 1. The van der Waals surface area contributed by atoms with Crippen LogP contribution in [0.5, 0.6) is 0 Å². The lowest BCUT2D eigenvalue weighted by atomic mass is 10.3. The molecule has 2 amide bonds. The summed E-state index contributed by atoms with van der Waals surface area (Å²) in [5, 5.41) is 0. The zero-order valence-electron chi connectivity index (χ0n) is 5.89. The molecule has 0 aromatic carbocycles. The topological polar surface area (TPSA) is 55.1 Å². The van der Waals surface area contributed by atoms with E-state index in [1.54, 1.807) is 0 Å². The van der Waals surface area contributed by atoms with E-state index >= 15 is 0 Å². The third kappa shape index (κ3) is 7.62. The molecule has 0 radical (unpaired) electrons. The van der Waals surface area contributed by atoms with Gasteiger partial charge in [-0.2, -0.15) is 0 Å². The lowest BCUT2D eigenvalue weighted by Crippen LogP contribution is -2.27. The predicted molar refractivity (Wildman–Crippen MR) is 40.1 cm³/mol. The first-order valence-electron chi connectivity index (χ1n) is 2.65. The van der Waals surface area contributed by atoms with Crippen molar-refractivity contribution in [3.05, 3.63) is 0 Å². The number of nitrogens with one attached hydrogen (secondary N) is 1. The van der Waals surface area contributed by atoms with Gasteiger partial charge in [0.1, 0.15) is 0 Å². The van der Waals surface area contributed by atoms with Crippen molar-refractivity contribution >= 4 is 18.0 Å². The molecule has 0 heterocycles. The van der Waals surface area contributed by atoms with Crippen LogP contribution < -0.4 is 10.5 Å². The van der Waals surface area contributed by atoms with Crippen molar-refractivity contribution in [2.45, 2.75) is 25.5 Å². The molecular formula is C5H12N2OS. The minimum Gasteiger partial charge on any atom is -0.351 e. The number of primary amides is 1. The monoisotopic (exact) mass is 148 g/mol. The van der Waals surface area contributed by atoms with E-state index < -0.39 is 6.03 Å². The lowest BCUT2D eigenvalue weighted by molar-refractivity contribution is 0.254. The SMILES string of the molecule is CC(C)(C)SNC(N)=O. The van der Waals surface area contributed by atoms with Gasteiger partial charge in [-0.1, -0.05) is 0 Å². The predicted octanol–water partition coefficient (Wildman–Crippen LogP) is 1.10. The molecule has 0 saturated carbocycles. The van der Waals surface area contributed by atoms with Crippen LogP contribution in [-0.4, -0.2) is 10.8 Å². The Bertz CT molecular complexity index is 108. The molecule has 0 rings (SSSR count). The molecule has 0 bridgehead atoms. The van der Waals surface area contributed by atoms with Crippen molar-refractivity contribution in [2.24, 2.45) is 5.73 Å². The van der Waals surface area contributed by atoms with Crippen LogP contribution in [0, 0.1) is 0 Å². The maximum Gasteiger partial charge on any atom is 0.322 e. The van der Waals surface area contributed by atoms with Gasteiger partial charge in [-0.25, -0.2) is 4.79 Å². The first-order chi connectivity index (χ1) is 3.92. The Morgan fingerprint density at radius 1 is 1.56 bits per heavy atom. The first kappa shape index (κ1) is 8.62. The molecular weight excluding hydrogens is 136 g/mol. The van der Waals surface area contributed by atoms with E-state index in [1.165, 1.54) is 11.9 Å². The molecule has 0 aliphatic heterocycles. The van der Waals surface area contributed by atoms with Crippen molar-refractivity contribution in [3.63, 3.8) is 0 Å². The summed E-state index contributed by atoms with van der Waals surface area (Å²) in [6.45, 7) is 5.98. The van der Waals surface area contributed by atoms with Crippen LogP contribution in [0.2, 0.25) is 0 Å². The van der Waals surface area contributed by atoms with E-state index in [4.69, 9.17) is 5.73 Å². The maximum absolute atomic E-state index is 10.1. The molecule has 4 heteroatoms. The molecule has 0 aliphatic carbocycles. The Kier molecular flexibility index (Phi) is 2.84. The molecule has 0 aromatic heterocycles. The second kappa shape index (κ2) is 2.96. The van der Waals surface area contributed by atoms with Crippen molar-refractivity contribution < 1.29 is 4.79 Å². The van der Waals surface area contributed by atoms with Gasteiger partial charge in [-0.05, 0) is 32.7 Å². The van der Waals surface area contributed by atoms with E-state index in [2.05, 4.69) is 4.72 Å². The third-order valence-electron chi connectivity index (χ3n) is 0.458. The van der Waals surface area contributed by atoms with Crippen LogP contribution in [0.1, 0.15) is 20.8 Å². The van der Waals surface area contributed by atoms with Crippen LogP contribution in [0.15, 0.2) is 0 Å². The second-order valence-electron chi connectivity index (χ2n) is 2.68. The van der Waals surface area contributed by atoms with E-state index in [9.17, 15) is 4.79 Å². The van der Waals surface area contributed by atoms with E-state index in [-0.39, 0.29) is 4.75 Å². The highest BCUT2D eigenvalue weighted by molar-refractivity contribution is 7.99. The van der Waals surface area contributed by atoms with Crippen molar-refractivity contribution in [1.82, 2.24) is 4.72 Å². The van der Waals surface area contributed by atoms with Gasteiger partial charge in [0.15, 0.2) is 0 Å². The molecule has 0 spiro atoms. The molecule has 9 heavy (non-hydrogen) atoms. The van der Waals surface area contributed by atoms with Gasteiger partial charge in [0, 0.05) is 4.75 Å². The summed E-state index contributed by atoms with van der Waals surface area (Å²) in [6, 6.07) is -0.491. The number of hydrogen-bond acceptors (Lipinski definition) is 2. The van der Waals surface area contributed by atoms with Crippen LogP contribution in [0.4, 0.5) is 4.79 Å². The van der Waals surface area contributed by atoms with Crippen LogP contribution in [0.25, 0.3) is 0 Å². The summed E-state index contributed by atoms with van der Waals surface area (Å²) >= 11 is 1.32. The summed E-state index contributed by atoms with van der Waals surface area (Å²) in [6.07, 6.45) is 0. The van der Waals surface area contributed by atoms with E-state index in [0.717, 1.165) is 0 Å². The molecule has 0 saturated heterocycles. The highest BCUT2D eigenvalue weighted by atomic mass is 32.2. The summed E-state index contributed by atoms with van der Waals surface area (Å²) in [5.41, 5.74) is 4.83. The average Bonchev–Trinajstić information content (AvgIpc) is 1.59. The van der Waals surface area contributed by atoms with Crippen LogP contribution >= 0.6 is 11.9 Å². The first-order valence-corrected chi connectivity index (χ1v) is 3.47. The molecule has 0 aliphatic rings. The van der Waals surface area contributed by atoms with Crippen molar-refractivity contribution in [3.8, 4) is 0 Å². The van der Waals surface area contributed by atoms with Gasteiger partial charge in [0.2, 0.25) is 0 Å². The Morgan fingerprint density at radius 2 is 2.00 bits per heavy atom. The molecule has 0 unspecified atom stereocenters. The fraction of sp³-hybridized carbons (Fsp3) is 0.800. The Hall–Kier alpha value is -0.380. The van der Waals surface area contributed by atoms with Gasteiger partial charge in [-0.15, -0.1) is 0 Å². The average molecular weight is 148 g/mol. The maximum atomic E-state index is 10.1. The van der Waals surface area contributed by atoms with Crippen LogP contribution in [-0.2, 0) is 0 Å². The van der Waals surface area contributed by atoms with Crippen LogP contribution in [0.3, 0.4) is 0 Å². The molecule has 0 fully saturated rings. The van der Waals surface area contributed by atoms with E-state index in [1.807, 2.05) is 20.8 Å². The highest BCUT2D eigenvalue weighted by Crippen LogP contribution is 2.18. The van der Waals surface area contributed by atoms with Crippen molar-refractivity contribution in [2.75, 3.05) is 0 Å². The number of carbonyl (C=O) groups excluding carboxylic acids is 1. The third-order valence-corrected chi connectivity index (χ3v) is 1.37. The molecule has 3 nitrogen and oxygen atoms in total. The number of nitrogens with two attached hydrogens (primary N) is 1. The number of amides is 2. The standard InChI is InChI=1S/C5H12N2OS/c1-5(2,3)9-7-4(6)8/h1-3H3,(H3,6,7,8). The molecule has 0 atom stereocenters. The van der Waals surface area contributed by atoms with E-state index in [0.29, 0.717) is 0 Å². The smallest absolute Gasteiger partial charge is 0.322 e. The fourth-order valence-corrected chi connectivity index (χ4v) is 0.610. The van der Waals surface area contributed by atoms with Gasteiger partial charge in [0.25, 0.3) is 0 Å². The quantitative estimate of drug-likeness (QED) is 0.547. The summed E-state index contributed by atoms with van der Waals surface area (Å²) in [5.74, 6) is 0. The minimum absolute atomic E-state index is 0.0367. The fourth-order valence-electron chi connectivity index (χ4n) is 0.203. The largest absolute Gasteiger partial charge is 0.351 e. The minimum atomic E-state index is -0.491. The summed E-state index contributed by atoms with van der Waals surface area (Å²) in [7, 11) is 0. The summed E-state index contributed by atoms with van der Waals surface area (Å²) < 4.78 is 2.48. The zero-order chi connectivity index (χ0) is 7.49. The number of urea groups is 1. The normalized spacial score (nSPS) is 11.0. The lowest BCUT2D eigenvalue weighted by Gasteiger charge is -2.15. The molecule has 0 aromatic rings. The van der Waals surface area contributed by atoms with Gasteiger partial charge in [-0.3, -0.25) is 4.72 Å².